The normalized spacial score (nSPS) is 11.5. The molecule has 0 atom stereocenters. The third-order valence-electron chi connectivity index (χ3n) is 5.66. The highest BCUT2D eigenvalue weighted by atomic mass is 16.1. The highest BCUT2D eigenvalue weighted by Crippen LogP contribution is 2.25. The van der Waals surface area contributed by atoms with E-state index in [1.807, 2.05) is 62.6 Å². The molecule has 0 aliphatic rings. The molecule has 0 bridgehead atoms. The molecular weight excluding hydrogens is 388 g/mol. The van der Waals surface area contributed by atoms with Crippen molar-refractivity contribution in [2.75, 3.05) is 0 Å². The molecule has 0 amide bonds. The van der Waals surface area contributed by atoms with Crippen molar-refractivity contribution in [1.82, 2.24) is 28.9 Å². The summed E-state index contributed by atoms with van der Waals surface area (Å²) in [5.41, 5.74) is 5.38. The molecule has 0 N–H and O–H groups in total. The minimum Gasteiger partial charge on any atom is -0.297 e. The number of benzene rings is 1. The van der Waals surface area contributed by atoms with Gasteiger partial charge in [-0.15, -0.1) is 0 Å². The summed E-state index contributed by atoms with van der Waals surface area (Å²) in [5, 5.41) is 10.5. The number of hydrogen-bond acceptors (Lipinski definition) is 4. The fourth-order valence-corrected chi connectivity index (χ4v) is 4.12. The zero-order valence-corrected chi connectivity index (χ0v) is 17.7. The number of Topliss-reactive ketones (excluding diaryl/α,β-unsaturated/α-hetero) is 1. The van der Waals surface area contributed by atoms with Crippen molar-refractivity contribution in [2.24, 2.45) is 0 Å². The van der Waals surface area contributed by atoms with Crippen molar-refractivity contribution >= 4 is 22.3 Å². The quantitative estimate of drug-likeness (QED) is 0.380. The van der Waals surface area contributed by atoms with Gasteiger partial charge in [0.2, 0.25) is 0 Å². The van der Waals surface area contributed by atoms with E-state index in [0.29, 0.717) is 18.7 Å². The number of carbonyl (C=O) groups is 1. The second-order valence-electron chi connectivity index (χ2n) is 7.60. The maximum atomic E-state index is 13.2. The molecule has 31 heavy (non-hydrogen) atoms. The number of fused-ring (bicyclic) bond motifs is 2. The predicted molar refractivity (Wildman–Crippen MR) is 119 cm³/mol. The van der Waals surface area contributed by atoms with E-state index in [1.54, 1.807) is 6.20 Å². The molecule has 0 spiro atoms. The van der Waals surface area contributed by atoms with Crippen LogP contribution in [0.1, 0.15) is 41.3 Å². The molecule has 7 heteroatoms. The van der Waals surface area contributed by atoms with Crippen LogP contribution >= 0.6 is 0 Å². The van der Waals surface area contributed by atoms with Gasteiger partial charge >= 0.3 is 0 Å². The number of ketones is 1. The van der Waals surface area contributed by atoms with E-state index in [9.17, 15) is 4.79 Å². The topological polar surface area (TPSA) is 70.0 Å². The second kappa shape index (κ2) is 7.83. The molecular formula is C24H24N6O. The summed E-state index contributed by atoms with van der Waals surface area (Å²) in [7, 11) is 0. The largest absolute Gasteiger partial charge is 0.297 e. The van der Waals surface area contributed by atoms with Crippen molar-refractivity contribution in [3.63, 3.8) is 0 Å². The lowest BCUT2D eigenvalue weighted by Crippen LogP contribution is -2.07. The molecule has 0 saturated carbocycles. The average Bonchev–Trinajstić information content (AvgIpc) is 3.51. The third kappa shape index (κ3) is 3.42. The molecule has 0 fully saturated rings. The zero-order valence-electron chi connectivity index (χ0n) is 17.7. The first kappa shape index (κ1) is 19.2. The van der Waals surface area contributed by atoms with Gasteiger partial charge in [-0.2, -0.15) is 10.2 Å². The molecule has 4 heterocycles. The molecule has 4 aromatic heterocycles. The van der Waals surface area contributed by atoms with Crippen LogP contribution in [0.5, 0.6) is 0 Å². The summed E-state index contributed by atoms with van der Waals surface area (Å²) in [6.07, 6.45) is 6.63. The Kier molecular flexibility index (Phi) is 4.86. The molecule has 0 saturated heterocycles. The standard InChI is InChI=1S/C24H24N6O/c1-3-19-24-17(14-22(31)21-15-25-23-10-5-6-12-29(21)23)8-7-9-20(24)30(27-19)16-18-11-13-28(4-2)26-18/h5-13,15H,3-4,14,16H2,1-2H3. The molecule has 7 nitrogen and oxygen atoms in total. The number of pyridine rings is 1. The molecule has 0 aliphatic carbocycles. The summed E-state index contributed by atoms with van der Waals surface area (Å²) in [6, 6.07) is 13.9. The van der Waals surface area contributed by atoms with Gasteiger partial charge in [-0.05, 0) is 43.2 Å². The van der Waals surface area contributed by atoms with Gasteiger partial charge in [0.05, 0.1) is 29.6 Å². The highest BCUT2D eigenvalue weighted by molar-refractivity contribution is 5.99. The monoisotopic (exact) mass is 412 g/mol. The minimum atomic E-state index is 0.0442. The first-order valence-corrected chi connectivity index (χ1v) is 10.6. The van der Waals surface area contributed by atoms with Gasteiger partial charge in [-0.1, -0.05) is 25.1 Å². The van der Waals surface area contributed by atoms with Crippen molar-refractivity contribution in [3.05, 3.63) is 83.7 Å². The van der Waals surface area contributed by atoms with E-state index in [0.717, 1.165) is 46.5 Å². The van der Waals surface area contributed by atoms with Crippen molar-refractivity contribution < 1.29 is 4.79 Å². The number of aryl methyl sites for hydroxylation is 2. The van der Waals surface area contributed by atoms with Crippen LogP contribution in [0.2, 0.25) is 0 Å². The smallest absolute Gasteiger partial charge is 0.185 e. The van der Waals surface area contributed by atoms with Gasteiger partial charge < -0.3 is 0 Å². The molecule has 0 radical (unpaired) electrons. The Labute approximate surface area is 179 Å². The number of imidazole rings is 1. The number of aromatic nitrogens is 6. The van der Waals surface area contributed by atoms with Gasteiger partial charge in [0.25, 0.3) is 0 Å². The van der Waals surface area contributed by atoms with Crippen LogP contribution in [0.15, 0.2) is 61.1 Å². The fraction of sp³-hybridized carbons (Fsp3) is 0.250. The van der Waals surface area contributed by atoms with Gasteiger partial charge in [-0.25, -0.2) is 4.98 Å². The molecule has 5 aromatic rings. The van der Waals surface area contributed by atoms with Crippen molar-refractivity contribution in [1.29, 1.82) is 0 Å². The summed E-state index contributed by atoms with van der Waals surface area (Å²) >= 11 is 0. The number of carbonyl (C=O) groups excluding carboxylic acids is 1. The zero-order chi connectivity index (χ0) is 21.4. The lowest BCUT2D eigenvalue weighted by molar-refractivity contribution is 0.0987. The number of rotatable bonds is 7. The van der Waals surface area contributed by atoms with Crippen LogP contribution in [0.3, 0.4) is 0 Å². The maximum Gasteiger partial charge on any atom is 0.185 e. The Balaban J connectivity index is 1.52. The van der Waals surface area contributed by atoms with E-state index >= 15 is 0 Å². The minimum absolute atomic E-state index is 0.0442. The first-order valence-electron chi connectivity index (χ1n) is 10.6. The average molecular weight is 412 g/mol. The lowest BCUT2D eigenvalue weighted by Gasteiger charge is -2.06. The third-order valence-corrected chi connectivity index (χ3v) is 5.66. The van der Waals surface area contributed by atoms with E-state index < -0.39 is 0 Å². The maximum absolute atomic E-state index is 13.2. The second-order valence-corrected chi connectivity index (χ2v) is 7.60. The summed E-state index contributed by atoms with van der Waals surface area (Å²) in [5.74, 6) is 0.0442. The van der Waals surface area contributed by atoms with Crippen LogP contribution < -0.4 is 0 Å². The first-order chi connectivity index (χ1) is 15.2. The number of nitrogens with zero attached hydrogens (tertiary/aromatic N) is 6. The Morgan fingerprint density at radius 3 is 2.71 bits per heavy atom. The van der Waals surface area contributed by atoms with E-state index in [-0.39, 0.29) is 5.78 Å². The van der Waals surface area contributed by atoms with Crippen LogP contribution in [-0.4, -0.2) is 34.7 Å². The summed E-state index contributed by atoms with van der Waals surface area (Å²) in [6.45, 7) is 5.62. The van der Waals surface area contributed by atoms with Gasteiger partial charge in [0, 0.05) is 30.7 Å². The molecule has 0 aliphatic heterocycles. The van der Waals surface area contributed by atoms with Gasteiger partial charge in [0.1, 0.15) is 11.3 Å². The SMILES string of the molecule is CCc1nn(Cc2ccn(CC)n2)c2cccc(CC(=O)c3cnc4ccccn34)c12. The molecule has 5 rings (SSSR count). The highest BCUT2D eigenvalue weighted by Gasteiger charge is 2.18. The molecule has 0 unspecified atom stereocenters. The van der Waals surface area contributed by atoms with Gasteiger partial charge in [0.15, 0.2) is 5.78 Å². The van der Waals surface area contributed by atoms with E-state index in [2.05, 4.69) is 30.0 Å². The van der Waals surface area contributed by atoms with Crippen molar-refractivity contribution in [2.45, 2.75) is 39.8 Å². The summed E-state index contributed by atoms with van der Waals surface area (Å²) in [4.78, 5) is 17.5. The van der Waals surface area contributed by atoms with E-state index in [1.165, 1.54) is 0 Å². The van der Waals surface area contributed by atoms with Crippen LogP contribution in [0.25, 0.3) is 16.6 Å². The van der Waals surface area contributed by atoms with Crippen LogP contribution in [-0.2, 0) is 25.9 Å². The van der Waals surface area contributed by atoms with Crippen LogP contribution in [0, 0.1) is 0 Å². The van der Waals surface area contributed by atoms with E-state index in [4.69, 9.17) is 5.10 Å². The Bertz CT molecular complexity index is 1390. The lowest BCUT2D eigenvalue weighted by atomic mass is 10.0. The predicted octanol–water partition coefficient (Wildman–Crippen LogP) is 3.94. The Morgan fingerprint density at radius 2 is 1.90 bits per heavy atom. The Morgan fingerprint density at radius 1 is 1.00 bits per heavy atom. The summed E-state index contributed by atoms with van der Waals surface area (Å²) < 4.78 is 5.76. The molecule has 156 valence electrons. The fourth-order valence-electron chi connectivity index (χ4n) is 4.12. The Hall–Kier alpha value is -3.74. The van der Waals surface area contributed by atoms with Crippen molar-refractivity contribution in [3.8, 4) is 0 Å². The molecule has 1 aromatic carbocycles. The van der Waals surface area contributed by atoms with Crippen LogP contribution in [0.4, 0.5) is 0 Å². The number of hydrogen-bond donors (Lipinski definition) is 0. The van der Waals surface area contributed by atoms with Gasteiger partial charge in [-0.3, -0.25) is 18.6 Å².